The Kier molecular flexibility index (Phi) is 4.90. The Bertz CT molecular complexity index is 417. The highest BCUT2D eigenvalue weighted by atomic mass is 16.2. The van der Waals surface area contributed by atoms with Crippen molar-refractivity contribution in [2.75, 3.05) is 19.6 Å². The summed E-state index contributed by atoms with van der Waals surface area (Å²) in [6.07, 6.45) is 5.55. The molecule has 6 heteroatoms. The van der Waals surface area contributed by atoms with Crippen LogP contribution in [-0.4, -0.2) is 51.2 Å². The predicted molar refractivity (Wildman–Crippen MR) is 72.6 cm³/mol. The number of piperidine rings is 1. The van der Waals surface area contributed by atoms with E-state index in [0.29, 0.717) is 0 Å². The second kappa shape index (κ2) is 6.65. The van der Waals surface area contributed by atoms with E-state index in [1.54, 1.807) is 6.33 Å². The number of aryl methyl sites for hydroxylation is 1. The van der Waals surface area contributed by atoms with Crippen LogP contribution >= 0.6 is 0 Å². The maximum atomic E-state index is 12.3. The van der Waals surface area contributed by atoms with E-state index in [9.17, 15) is 4.79 Å². The van der Waals surface area contributed by atoms with Crippen molar-refractivity contribution in [1.29, 1.82) is 0 Å². The van der Waals surface area contributed by atoms with Gasteiger partial charge in [0.05, 0.1) is 6.04 Å². The molecule has 1 saturated heterocycles. The molecule has 1 amide bonds. The highest BCUT2D eigenvalue weighted by Crippen LogP contribution is 2.12. The summed E-state index contributed by atoms with van der Waals surface area (Å²) in [5.41, 5.74) is 0. The summed E-state index contributed by atoms with van der Waals surface area (Å²) in [5.74, 6) is 1.17. The number of nitrogens with one attached hydrogen (secondary N) is 1. The molecule has 2 heterocycles. The van der Waals surface area contributed by atoms with Crippen LogP contribution < -0.4 is 5.32 Å². The number of carbonyl (C=O) groups excluding carboxylic acids is 1. The number of hydrogen-bond donors (Lipinski definition) is 1. The van der Waals surface area contributed by atoms with Crippen LogP contribution in [0.25, 0.3) is 0 Å². The number of aromatic nitrogens is 3. The molecule has 1 atom stereocenters. The van der Waals surface area contributed by atoms with Crippen LogP contribution in [0.3, 0.4) is 0 Å². The van der Waals surface area contributed by atoms with Gasteiger partial charge in [0, 0.05) is 26.6 Å². The number of carbonyl (C=O) groups is 1. The maximum Gasteiger partial charge on any atom is 0.239 e. The van der Waals surface area contributed by atoms with Gasteiger partial charge in [0.1, 0.15) is 12.2 Å². The van der Waals surface area contributed by atoms with Crippen molar-refractivity contribution in [3.63, 3.8) is 0 Å². The van der Waals surface area contributed by atoms with Crippen LogP contribution in [0.2, 0.25) is 0 Å². The average molecular weight is 265 g/mol. The summed E-state index contributed by atoms with van der Waals surface area (Å²) in [7, 11) is 1.93. The van der Waals surface area contributed by atoms with Crippen LogP contribution in [0.1, 0.15) is 32.0 Å². The highest BCUT2D eigenvalue weighted by Gasteiger charge is 2.27. The van der Waals surface area contributed by atoms with Gasteiger partial charge in [-0.2, -0.15) is 0 Å². The van der Waals surface area contributed by atoms with Gasteiger partial charge in [-0.15, -0.1) is 10.2 Å². The zero-order valence-electron chi connectivity index (χ0n) is 11.8. The SMILES string of the molecule is CCCNC1CCCN(CCc2nncn2C)C1=O. The summed E-state index contributed by atoms with van der Waals surface area (Å²) in [4.78, 5) is 14.2. The van der Waals surface area contributed by atoms with E-state index in [0.717, 1.165) is 51.1 Å². The van der Waals surface area contributed by atoms with Crippen LogP contribution in [0.5, 0.6) is 0 Å². The Hall–Kier alpha value is -1.43. The fourth-order valence-corrected chi connectivity index (χ4v) is 2.44. The van der Waals surface area contributed by atoms with Crippen LogP contribution in [0.4, 0.5) is 0 Å². The molecule has 1 aliphatic heterocycles. The second-order valence-electron chi connectivity index (χ2n) is 5.08. The molecule has 1 unspecified atom stereocenters. The molecule has 0 aliphatic carbocycles. The predicted octanol–water partition coefficient (Wildman–Crippen LogP) is 0.348. The molecule has 1 fully saturated rings. The van der Waals surface area contributed by atoms with Gasteiger partial charge in [-0.25, -0.2) is 0 Å². The fraction of sp³-hybridized carbons (Fsp3) is 0.769. The average Bonchev–Trinajstić information content (AvgIpc) is 2.82. The summed E-state index contributed by atoms with van der Waals surface area (Å²) >= 11 is 0. The lowest BCUT2D eigenvalue weighted by atomic mass is 10.0. The summed E-state index contributed by atoms with van der Waals surface area (Å²) in [6, 6.07) is 0.00759. The van der Waals surface area contributed by atoms with Crippen molar-refractivity contribution in [3.05, 3.63) is 12.2 Å². The number of amides is 1. The zero-order chi connectivity index (χ0) is 13.7. The molecule has 19 heavy (non-hydrogen) atoms. The lowest BCUT2D eigenvalue weighted by Gasteiger charge is -2.32. The minimum absolute atomic E-state index is 0.00759. The van der Waals surface area contributed by atoms with Crippen molar-refractivity contribution in [3.8, 4) is 0 Å². The van der Waals surface area contributed by atoms with Crippen LogP contribution in [0, 0.1) is 0 Å². The normalized spacial score (nSPS) is 20.0. The number of rotatable bonds is 6. The van der Waals surface area contributed by atoms with Crippen LogP contribution in [0.15, 0.2) is 6.33 Å². The maximum absolute atomic E-state index is 12.3. The molecule has 0 radical (unpaired) electrons. The smallest absolute Gasteiger partial charge is 0.239 e. The largest absolute Gasteiger partial charge is 0.341 e. The Balaban J connectivity index is 1.86. The molecular formula is C13H23N5O. The minimum atomic E-state index is 0.00759. The van der Waals surface area contributed by atoms with E-state index in [-0.39, 0.29) is 11.9 Å². The Morgan fingerprint density at radius 3 is 3.05 bits per heavy atom. The number of likely N-dealkylation sites (tertiary alicyclic amines) is 1. The van der Waals surface area contributed by atoms with Gasteiger partial charge >= 0.3 is 0 Å². The minimum Gasteiger partial charge on any atom is -0.341 e. The Morgan fingerprint density at radius 2 is 2.37 bits per heavy atom. The molecule has 0 aromatic carbocycles. The van der Waals surface area contributed by atoms with Gasteiger partial charge < -0.3 is 14.8 Å². The Morgan fingerprint density at radius 1 is 1.53 bits per heavy atom. The third kappa shape index (κ3) is 3.53. The van der Waals surface area contributed by atoms with E-state index >= 15 is 0 Å². The van der Waals surface area contributed by atoms with Gasteiger partial charge in [-0.3, -0.25) is 4.79 Å². The quantitative estimate of drug-likeness (QED) is 0.806. The van der Waals surface area contributed by atoms with E-state index in [2.05, 4.69) is 22.4 Å². The summed E-state index contributed by atoms with van der Waals surface area (Å²) in [6.45, 7) is 4.62. The fourth-order valence-electron chi connectivity index (χ4n) is 2.44. The van der Waals surface area contributed by atoms with Crippen molar-refractivity contribution >= 4 is 5.91 Å². The lowest BCUT2D eigenvalue weighted by molar-refractivity contribution is -0.135. The first-order valence-corrected chi connectivity index (χ1v) is 7.07. The van der Waals surface area contributed by atoms with E-state index in [1.807, 2.05) is 16.5 Å². The molecule has 1 aliphatic rings. The van der Waals surface area contributed by atoms with E-state index < -0.39 is 0 Å². The topological polar surface area (TPSA) is 63.0 Å². The molecule has 6 nitrogen and oxygen atoms in total. The van der Waals surface area contributed by atoms with Gasteiger partial charge in [0.15, 0.2) is 0 Å². The number of hydrogen-bond acceptors (Lipinski definition) is 4. The summed E-state index contributed by atoms with van der Waals surface area (Å²) < 4.78 is 1.90. The van der Waals surface area contributed by atoms with Crippen molar-refractivity contribution in [2.45, 2.75) is 38.6 Å². The molecule has 0 spiro atoms. The third-order valence-electron chi connectivity index (χ3n) is 3.58. The van der Waals surface area contributed by atoms with Crippen molar-refractivity contribution in [2.24, 2.45) is 7.05 Å². The standard InChI is InChI=1S/C13H23N5O/c1-3-7-14-11-5-4-8-18(13(11)19)9-6-12-16-15-10-17(12)2/h10-11,14H,3-9H2,1-2H3. The summed E-state index contributed by atoms with van der Waals surface area (Å²) in [5, 5.41) is 11.2. The number of nitrogens with zero attached hydrogens (tertiary/aromatic N) is 4. The zero-order valence-corrected chi connectivity index (χ0v) is 11.8. The molecule has 0 bridgehead atoms. The molecule has 1 N–H and O–H groups in total. The highest BCUT2D eigenvalue weighted by molar-refractivity contribution is 5.82. The molecule has 0 saturated carbocycles. The first-order chi connectivity index (χ1) is 9.22. The van der Waals surface area contributed by atoms with E-state index in [4.69, 9.17) is 0 Å². The third-order valence-corrected chi connectivity index (χ3v) is 3.58. The van der Waals surface area contributed by atoms with Crippen LogP contribution in [-0.2, 0) is 18.3 Å². The second-order valence-corrected chi connectivity index (χ2v) is 5.08. The van der Waals surface area contributed by atoms with Crippen molar-refractivity contribution in [1.82, 2.24) is 25.0 Å². The van der Waals surface area contributed by atoms with Crippen molar-refractivity contribution < 1.29 is 4.79 Å². The van der Waals surface area contributed by atoms with Gasteiger partial charge in [0.25, 0.3) is 0 Å². The lowest BCUT2D eigenvalue weighted by Crippen LogP contribution is -2.51. The molecular weight excluding hydrogens is 242 g/mol. The first-order valence-electron chi connectivity index (χ1n) is 7.07. The monoisotopic (exact) mass is 265 g/mol. The van der Waals surface area contributed by atoms with Gasteiger partial charge in [0.2, 0.25) is 5.91 Å². The van der Waals surface area contributed by atoms with Gasteiger partial charge in [-0.05, 0) is 25.8 Å². The van der Waals surface area contributed by atoms with E-state index in [1.165, 1.54) is 0 Å². The molecule has 2 rings (SSSR count). The first kappa shape index (κ1) is 14.0. The Labute approximate surface area is 114 Å². The molecule has 1 aromatic heterocycles. The molecule has 1 aromatic rings. The van der Waals surface area contributed by atoms with Gasteiger partial charge in [-0.1, -0.05) is 6.92 Å². The molecule has 106 valence electrons.